The fourth-order valence-corrected chi connectivity index (χ4v) is 5.13. The topological polar surface area (TPSA) is 81.8 Å². The molecule has 2 aliphatic rings. The van der Waals surface area contributed by atoms with Gasteiger partial charge in [-0.1, -0.05) is 56.8 Å². The van der Waals surface area contributed by atoms with Crippen molar-refractivity contribution >= 4 is 17.4 Å². The van der Waals surface area contributed by atoms with Gasteiger partial charge in [0.2, 0.25) is 0 Å². The van der Waals surface area contributed by atoms with E-state index in [1.54, 1.807) is 19.1 Å². The van der Waals surface area contributed by atoms with Crippen LogP contribution in [0.15, 0.2) is 41.6 Å². The second-order valence-corrected chi connectivity index (χ2v) is 8.84. The lowest BCUT2D eigenvalue weighted by Gasteiger charge is -2.14. The molecular formula is C26H30N2O4. The molecule has 4 rings (SSSR count). The van der Waals surface area contributed by atoms with E-state index in [0.717, 1.165) is 52.8 Å². The van der Waals surface area contributed by atoms with Crippen LogP contribution in [0.4, 0.5) is 5.69 Å². The van der Waals surface area contributed by atoms with Gasteiger partial charge in [-0.3, -0.25) is 10.1 Å². The maximum Gasteiger partial charge on any atom is 0.334 e. The Morgan fingerprint density at radius 3 is 2.44 bits per heavy atom. The molecule has 1 unspecified atom stereocenters. The zero-order chi connectivity index (χ0) is 22.7. The molecule has 0 amide bonds. The number of nitro groups is 1. The number of fused-ring (bicyclic) bond motifs is 3. The molecule has 1 fully saturated rings. The van der Waals surface area contributed by atoms with Crippen LogP contribution in [0.3, 0.4) is 0 Å². The van der Waals surface area contributed by atoms with Gasteiger partial charge < -0.3 is 4.84 Å². The lowest BCUT2D eigenvalue weighted by Crippen LogP contribution is -2.08. The number of rotatable bonds is 8. The van der Waals surface area contributed by atoms with Crippen LogP contribution < -0.4 is 0 Å². The molecule has 0 N–H and O–H groups in total. The molecule has 2 aromatic rings. The Balaban J connectivity index is 1.66. The van der Waals surface area contributed by atoms with E-state index in [0.29, 0.717) is 5.92 Å². The summed E-state index contributed by atoms with van der Waals surface area (Å²) < 4.78 is 0. The predicted octanol–water partition coefficient (Wildman–Crippen LogP) is 6.74. The highest BCUT2D eigenvalue weighted by Gasteiger charge is 2.30. The zero-order valence-corrected chi connectivity index (χ0v) is 18.8. The van der Waals surface area contributed by atoms with E-state index in [2.05, 4.69) is 24.2 Å². The van der Waals surface area contributed by atoms with Crippen molar-refractivity contribution in [1.29, 1.82) is 0 Å². The first-order chi connectivity index (χ1) is 15.5. The maximum atomic E-state index is 11.7. The summed E-state index contributed by atoms with van der Waals surface area (Å²) in [6.45, 7) is 3.86. The maximum absolute atomic E-state index is 11.7. The van der Waals surface area contributed by atoms with Gasteiger partial charge in [0.15, 0.2) is 0 Å². The van der Waals surface area contributed by atoms with Crippen LogP contribution >= 0.6 is 0 Å². The second-order valence-electron chi connectivity index (χ2n) is 8.84. The number of carbonyl (C=O) groups excluding carboxylic acids is 1. The van der Waals surface area contributed by atoms with E-state index in [1.165, 1.54) is 25.7 Å². The molecule has 0 bridgehead atoms. The molecule has 0 aliphatic heterocycles. The summed E-state index contributed by atoms with van der Waals surface area (Å²) in [5.41, 5.74) is 6.24. The van der Waals surface area contributed by atoms with Crippen LogP contribution in [0.5, 0.6) is 0 Å². The largest absolute Gasteiger partial charge is 0.334 e. The van der Waals surface area contributed by atoms with Crippen LogP contribution in [0.25, 0.3) is 11.1 Å². The fraction of sp³-hybridized carbons (Fsp3) is 0.462. The number of hydrogen-bond donors (Lipinski definition) is 0. The lowest BCUT2D eigenvalue weighted by atomic mass is 9.91. The van der Waals surface area contributed by atoms with Gasteiger partial charge in [-0.25, -0.2) is 4.79 Å². The standard InChI is InChI=1S/C26H30N2O4/c1-3-20-23-15-18(10-12-21(23)22-13-11-19(28(30)31)16-24(20)22)25(27-32-26(29)4-2)14-9-17-7-5-6-8-17/h10-13,15-17,20H,3-9,14H2,1-2H3/b27-25-. The molecule has 2 aromatic carbocycles. The molecule has 2 aliphatic carbocycles. The van der Waals surface area contributed by atoms with Gasteiger partial charge in [0, 0.05) is 24.5 Å². The lowest BCUT2D eigenvalue weighted by molar-refractivity contribution is -0.384. The molecule has 0 saturated heterocycles. The highest BCUT2D eigenvalue weighted by Crippen LogP contribution is 2.47. The molecule has 32 heavy (non-hydrogen) atoms. The number of non-ortho nitro benzene ring substituents is 1. The summed E-state index contributed by atoms with van der Waals surface area (Å²) in [6, 6.07) is 11.4. The van der Waals surface area contributed by atoms with Gasteiger partial charge in [0.1, 0.15) is 0 Å². The minimum absolute atomic E-state index is 0.106. The van der Waals surface area contributed by atoms with Crippen molar-refractivity contribution in [2.24, 2.45) is 11.1 Å². The Morgan fingerprint density at radius 1 is 1.09 bits per heavy atom. The minimum atomic E-state index is -0.337. The molecule has 1 saturated carbocycles. The molecule has 0 spiro atoms. The normalized spacial score (nSPS) is 17.8. The van der Waals surface area contributed by atoms with Crippen LogP contribution in [0.1, 0.15) is 87.8 Å². The molecule has 168 valence electrons. The van der Waals surface area contributed by atoms with Crippen molar-refractivity contribution in [3.63, 3.8) is 0 Å². The van der Waals surface area contributed by atoms with E-state index >= 15 is 0 Å². The summed E-state index contributed by atoms with van der Waals surface area (Å²) in [5.74, 6) is 0.481. The first kappa shape index (κ1) is 22.2. The number of hydrogen-bond acceptors (Lipinski definition) is 5. The van der Waals surface area contributed by atoms with Gasteiger partial charge in [0.25, 0.3) is 5.69 Å². The van der Waals surface area contributed by atoms with Crippen molar-refractivity contribution in [2.75, 3.05) is 0 Å². The summed E-state index contributed by atoms with van der Waals surface area (Å²) in [5, 5.41) is 15.6. The molecular weight excluding hydrogens is 404 g/mol. The average Bonchev–Trinajstić information content (AvgIpc) is 3.43. The molecule has 0 radical (unpaired) electrons. The Morgan fingerprint density at radius 2 is 1.78 bits per heavy atom. The van der Waals surface area contributed by atoms with Crippen LogP contribution in [-0.4, -0.2) is 16.6 Å². The van der Waals surface area contributed by atoms with Crippen molar-refractivity contribution in [2.45, 2.75) is 71.1 Å². The average molecular weight is 435 g/mol. The molecule has 1 atom stereocenters. The number of carbonyl (C=O) groups is 1. The van der Waals surface area contributed by atoms with Gasteiger partial charge in [0.05, 0.1) is 10.6 Å². The smallest absolute Gasteiger partial charge is 0.318 e. The third kappa shape index (κ3) is 4.45. The molecule has 0 heterocycles. The fourth-order valence-electron chi connectivity index (χ4n) is 5.13. The first-order valence-corrected chi connectivity index (χ1v) is 11.7. The Labute approximate surface area is 188 Å². The van der Waals surface area contributed by atoms with Crippen LogP contribution in [0, 0.1) is 16.0 Å². The molecule has 6 nitrogen and oxygen atoms in total. The van der Waals surface area contributed by atoms with Gasteiger partial charge in [-0.2, -0.15) is 0 Å². The summed E-state index contributed by atoms with van der Waals surface area (Å²) in [6.07, 6.45) is 8.07. The van der Waals surface area contributed by atoms with Crippen molar-refractivity contribution < 1.29 is 14.6 Å². The third-order valence-electron chi connectivity index (χ3n) is 6.89. The Bertz CT molecular complexity index is 1050. The minimum Gasteiger partial charge on any atom is -0.318 e. The number of oxime groups is 1. The highest BCUT2D eigenvalue weighted by molar-refractivity contribution is 6.01. The summed E-state index contributed by atoms with van der Waals surface area (Å²) >= 11 is 0. The third-order valence-corrected chi connectivity index (χ3v) is 6.89. The van der Waals surface area contributed by atoms with E-state index in [1.807, 2.05) is 12.1 Å². The zero-order valence-electron chi connectivity index (χ0n) is 18.8. The van der Waals surface area contributed by atoms with Crippen molar-refractivity contribution in [1.82, 2.24) is 0 Å². The van der Waals surface area contributed by atoms with E-state index in [-0.39, 0.29) is 28.9 Å². The first-order valence-electron chi connectivity index (χ1n) is 11.7. The number of benzene rings is 2. The number of nitro benzene ring substituents is 1. The van der Waals surface area contributed by atoms with Gasteiger partial charge in [-0.15, -0.1) is 0 Å². The van der Waals surface area contributed by atoms with Crippen molar-refractivity contribution in [3.8, 4) is 11.1 Å². The van der Waals surface area contributed by atoms with E-state index in [4.69, 9.17) is 4.84 Å². The summed E-state index contributed by atoms with van der Waals surface area (Å²) in [7, 11) is 0. The SMILES string of the molecule is CCC(=O)O/N=C(/CCC1CCCC1)c1ccc2c(c1)C(CC)c1cc([N+](=O)[O-])ccc1-2. The highest BCUT2D eigenvalue weighted by atomic mass is 16.7. The monoisotopic (exact) mass is 434 g/mol. The Kier molecular flexibility index (Phi) is 6.68. The summed E-state index contributed by atoms with van der Waals surface area (Å²) in [4.78, 5) is 27.9. The Hall–Kier alpha value is -3.02. The van der Waals surface area contributed by atoms with Crippen LogP contribution in [0.2, 0.25) is 0 Å². The van der Waals surface area contributed by atoms with Crippen molar-refractivity contribution in [3.05, 3.63) is 63.2 Å². The second kappa shape index (κ2) is 9.63. The van der Waals surface area contributed by atoms with Gasteiger partial charge >= 0.3 is 5.97 Å². The van der Waals surface area contributed by atoms with Crippen LogP contribution in [-0.2, 0) is 9.63 Å². The molecule has 0 aromatic heterocycles. The van der Waals surface area contributed by atoms with E-state index in [9.17, 15) is 14.9 Å². The predicted molar refractivity (Wildman–Crippen MR) is 125 cm³/mol. The van der Waals surface area contributed by atoms with E-state index < -0.39 is 0 Å². The van der Waals surface area contributed by atoms with Gasteiger partial charge in [-0.05, 0) is 65.1 Å². The quantitative estimate of drug-likeness (QED) is 0.199. The molecule has 6 heteroatoms. The number of nitrogens with zero attached hydrogens (tertiary/aromatic N) is 2.